The number of anilines is 1. The SMILES string of the molecule is NNc1cc(-c2ccccc2)nc2c(-c3ccc(Cl)cc3)cnn12. The van der Waals surface area contributed by atoms with E-state index in [4.69, 9.17) is 22.4 Å². The highest BCUT2D eigenvalue weighted by molar-refractivity contribution is 6.30. The molecule has 6 heteroatoms. The predicted molar refractivity (Wildman–Crippen MR) is 96.7 cm³/mol. The standard InChI is InChI=1S/C18H14ClN5/c19-14-8-6-12(7-9-14)15-11-21-24-17(23-20)10-16(22-18(15)24)13-4-2-1-3-5-13/h1-11,23H,20H2. The quantitative estimate of drug-likeness (QED) is 0.438. The number of nitrogens with zero attached hydrogens (tertiary/aromatic N) is 3. The van der Waals surface area contributed by atoms with E-state index in [1.807, 2.05) is 60.7 Å². The molecular formula is C18H14ClN5. The topological polar surface area (TPSA) is 68.2 Å². The highest BCUT2D eigenvalue weighted by Crippen LogP contribution is 2.29. The van der Waals surface area contributed by atoms with E-state index in [0.29, 0.717) is 10.8 Å². The molecular weight excluding hydrogens is 322 g/mol. The summed E-state index contributed by atoms with van der Waals surface area (Å²) in [7, 11) is 0. The van der Waals surface area contributed by atoms with Crippen molar-refractivity contribution >= 4 is 23.1 Å². The maximum Gasteiger partial charge on any atom is 0.165 e. The number of hydrazine groups is 1. The van der Waals surface area contributed by atoms with Gasteiger partial charge in [0.1, 0.15) is 5.82 Å². The minimum Gasteiger partial charge on any atom is -0.308 e. The van der Waals surface area contributed by atoms with E-state index in [2.05, 4.69) is 10.5 Å². The van der Waals surface area contributed by atoms with Crippen LogP contribution in [0.15, 0.2) is 66.9 Å². The molecule has 0 radical (unpaired) electrons. The number of nitrogens with two attached hydrogens (primary N) is 1. The molecule has 2 aromatic heterocycles. The zero-order valence-electron chi connectivity index (χ0n) is 12.6. The first kappa shape index (κ1) is 14.7. The molecule has 4 rings (SSSR count). The van der Waals surface area contributed by atoms with E-state index in [0.717, 1.165) is 28.0 Å². The zero-order valence-corrected chi connectivity index (χ0v) is 13.4. The van der Waals surface area contributed by atoms with Crippen LogP contribution in [0.2, 0.25) is 5.02 Å². The fourth-order valence-corrected chi connectivity index (χ4v) is 2.78. The molecule has 118 valence electrons. The smallest absolute Gasteiger partial charge is 0.165 e. The van der Waals surface area contributed by atoms with Crippen molar-refractivity contribution in [3.63, 3.8) is 0 Å². The van der Waals surface area contributed by atoms with E-state index < -0.39 is 0 Å². The van der Waals surface area contributed by atoms with E-state index in [1.165, 1.54) is 0 Å². The molecule has 0 spiro atoms. The molecule has 4 aromatic rings. The number of hydrogen-bond donors (Lipinski definition) is 2. The molecule has 0 fully saturated rings. The summed E-state index contributed by atoms with van der Waals surface area (Å²) >= 11 is 5.98. The molecule has 0 aliphatic rings. The van der Waals surface area contributed by atoms with Crippen molar-refractivity contribution in [2.45, 2.75) is 0 Å². The van der Waals surface area contributed by atoms with Gasteiger partial charge < -0.3 is 5.43 Å². The third-order valence-corrected chi connectivity index (χ3v) is 4.10. The number of nitrogen functional groups attached to an aromatic ring is 1. The van der Waals surface area contributed by atoms with Gasteiger partial charge in [0.05, 0.1) is 11.9 Å². The fourth-order valence-electron chi connectivity index (χ4n) is 2.66. The van der Waals surface area contributed by atoms with Gasteiger partial charge in [-0.05, 0) is 17.7 Å². The molecule has 0 atom stereocenters. The number of halogens is 1. The van der Waals surface area contributed by atoms with E-state index in [9.17, 15) is 0 Å². The Morgan fingerprint density at radius 1 is 0.958 bits per heavy atom. The highest BCUT2D eigenvalue weighted by atomic mass is 35.5. The number of rotatable bonds is 3. The summed E-state index contributed by atoms with van der Waals surface area (Å²) in [6.07, 6.45) is 1.78. The summed E-state index contributed by atoms with van der Waals surface area (Å²) in [5, 5.41) is 5.09. The minimum absolute atomic E-state index is 0.666. The Hall–Kier alpha value is -2.89. The largest absolute Gasteiger partial charge is 0.308 e. The lowest BCUT2D eigenvalue weighted by Crippen LogP contribution is -2.12. The van der Waals surface area contributed by atoms with Crippen LogP contribution in [-0.2, 0) is 0 Å². The molecule has 0 amide bonds. The van der Waals surface area contributed by atoms with Crippen LogP contribution >= 0.6 is 11.6 Å². The maximum absolute atomic E-state index is 5.98. The fraction of sp³-hybridized carbons (Fsp3) is 0. The van der Waals surface area contributed by atoms with Crippen molar-refractivity contribution in [1.82, 2.24) is 14.6 Å². The van der Waals surface area contributed by atoms with Crippen molar-refractivity contribution in [3.05, 3.63) is 71.9 Å². The molecule has 24 heavy (non-hydrogen) atoms. The second-order valence-electron chi connectivity index (χ2n) is 5.34. The van der Waals surface area contributed by atoms with Crippen LogP contribution in [0.5, 0.6) is 0 Å². The molecule has 2 heterocycles. The summed E-state index contributed by atoms with van der Waals surface area (Å²) < 4.78 is 1.69. The van der Waals surface area contributed by atoms with Crippen molar-refractivity contribution in [2.75, 3.05) is 5.43 Å². The van der Waals surface area contributed by atoms with E-state index >= 15 is 0 Å². The molecule has 5 nitrogen and oxygen atoms in total. The predicted octanol–water partition coefficient (Wildman–Crippen LogP) is 4.00. The lowest BCUT2D eigenvalue weighted by atomic mass is 10.1. The molecule has 3 N–H and O–H groups in total. The van der Waals surface area contributed by atoms with Crippen LogP contribution in [0.3, 0.4) is 0 Å². The maximum atomic E-state index is 5.98. The average molecular weight is 336 g/mol. The molecule has 0 saturated carbocycles. The molecule has 0 saturated heterocycles. The Morgan fingerprint density at radius 2 is 1.71 bits per heavy atom. The summed E-state index contributed by atoms with van der Waals surface area (Å²) in [5.74, 6) is 6.34. The van der Waals surface area contributed by atoms with Gasteiger partial charge in [-0.2, -0.15) is 9.61 Å². The number of aromatic nitrogens is 3. The van der Waals surface area contributed by atoms with Crippen LogP contribution in [0.25, 0.3) is 28.0 Å². The van der Waals surface area contributed by atoms with Gasteiger partial charge in [-0.25, -0.2) is 10.8 Å². The summed E-state index contributed by atoms with van der Waals surface area (Å²) in [6.45, 7) is 0. The monoisotopic (exact) mass is 335 g/mol. The van der Waals surface area contributed by atoms with Gasteiger partial charge in [-0.15, -0.1) is 0 Å². The van der Waals surface area contributed by atoms with Crippen LogP contribution in [0.4, 0.5) is 5.82 Å². The lowest BCUT2D eigenvalue weighted by Gasteiger charge is -2.08. The first-order chi connectivity index (χ1) is 11.8. The third kappa shape index (κ3) is 2.50. The minimum atomic E-state index is 0.666. The second kappa shape index (κ2) is 5.96. The molecule has 2 aromatic carbocycles. The summed E-state index contributed by atoms with van der Waals surface area (Å²) in [4.78, 5) is 4.78. The third-order valence-electron chi connectivity index (χ3n) is 3.84. The van der Waals surface area contributed by atoms with E-state index in [1.54, 1.807) is 10.7 Å². The van der Waals surface area contributed by atoms with Crippen LogP contribution in [-0.4, -0.2) is 14.6 Å². The Morgan fingerprint density at radius 3 is 2.42 bits per heavy atom. The molecule has 0 aliphatic carbocycles. The van der Waals surface area contributed by atoms with Gasteiger partial charge in [-0.1, -0.05) is 54.1 Å². The van der Waals surface area contributed by atoms with E-state index in [-0.39, 0.29) is 0 Å². The van der Waals surface area contributed by atoms with Crippen LogP contribution in [0, 0.1) is 0 Å². The molecule has 0 aliphatic heterocycles. The van der Waals surface area contributed by atoms with Crippen molar-refractivity contribution < 1.29 is 0 Å². The Balaban J connectivity index is 1.95. The zero-order chi connectivity index (χ0) is 16.5. The molecule has 0 unspecified atom stereocenters. The Bertz CT molecular complexity index is 993. The van der Waals surface area contributed by atoms with Crippen molar-refractivity contribution in [3.8, 4) is 22.4 Å². The van der Waals surface area contributed by atoms with Crippen LogP contribution < -0.4 is 11.3 Å². The van der Waals surface area contributed by atoms with Gasteiger partial charge in [0.2, 0.25) is 0 Å². The lowest BCUT2D eigenvalue weighted by molar-refractivity contribution is 0.937. The first-order valence-corrected chi connectivity index (χ1v) is 7.81. The number of fused-ring (bicyclic) bond motifs is 1. The normalized spacial score (nSPS) is 10.9. The summed E-state index contributed by atoms with van der Waals surface area (Å²) in [6, 6.07) is 19.4. The van der Waals surface area contributed by atoms with Gasteiger partial charge in [0.15, 0.2) is 5.65 Å². The van der Waals surface area contributed by atoms with Crippen molar-refractivity contribution in [2.24, 2.45) is 5.84 Å². The van der Waals surface area contributed by atoms with Gasteiger partial charge in [0.25, 0.3) is 0 Å². The van der Waals surface area contributed by atoms with Gasteiger partial charge in [0, 0.05) is 22.2 Å². The highest BCUT2D eigenvalue weighted by Gasteiger charge is 2.13. The number of nitrogens with one attached hydrogen (secondary N) is 1. The number of hydrogen-bond acceptors (Lipinski definition) is 4. The van der Waals surface area contributed by atoms with Gasteiger partial charge >= 0.3 is 0 Å². The number of benzene rings is 2. The van der Waals surface area contributed by atoms with Crippen LogP contribution in [0.1, 0.15) is 0 Å². The Labute approximate surface area is 143 Å². The Kier molecular flexibility index (Phi) is 3.65. The van der Waals surface area contributed by atoms with Crippen molar-refractivity contribution in [1.29, 1.82) is 0 Å². The molecule has 0 bridgehead atoms. The van der Waals surface area contributed by atoms with Gasteiger partial charge in [-0.3, -0.25) is 0 Å². The second-order valence-corrected chi connectivity index (χ2v) is 5.77. The average Bonchev–Trinajstić information content (AvgIpc) is 3.06. The summed E-state index contributed by atoms with van der Waals surface area (Å²) in [5.41, 5.74) is 7.17. The first-order valence-electron chi connectivity index (χ1n) is 7.43.